The highest BCUT2D eigenvalue weighted by Gasteiger charge is 2.21. The molecule has 3 heterocycles. The molecule has 0 unspecified atom stereocenters. The first-order valence-electron chi connectivity index (χ1n) is 11.3. The summed E-state index contributed by atoms with van der Waals surface area (Å²) in [5, 5.41) is 28.9. The molecule has 0 saturated heterocycles. The Morgan fingerprint density at radius 1 is 1.17 bits per heavy atom. The fourth-order valence-corrected chi connectivity index (χ4v) is 5.36. The lowest BCUT2D eigenvalue weighted by Crippen LogP contribution is -2.31. The highest BCUT2D eigenvalue weighted by molar-refractivity contribution is 7.07. The van der Waals surface area contributed by atoms with Crippen LogP contribution in [0.3, 0.4) is 0 Å². The van der Waals surface area contributed by atoms with E-state index in [2.05, 4.69) is 16.3 Å². The molecule has 0 amide bonds. The average molecular weight is 486 g/mol. The van der Waals surface area contributed by atoms with Crippen LogP contribution in [0.1, 0.15) is 36.5 Å². The van der Waals surface area contributed by atoms with Gasteiger partial charge in [0.05, 0.1) is 17.3 Å². The summed E-state index contributed by atoms with van der Waals surface area (Å²) in [4.78, 5) is 13.6. The highest BCUT2D eigenvalue weighted by Crippen LogP contribution is 2.26. The number of aromatic hydroxyl groups is 1. The van der Waals surface area contributed by atoms with Crippen molar-refractivity contribution in [3.63, 3.8) is 0 Å². The molecule has 2 aromatic heterocycles. The second-order valence-corrected chi connectivity index (χ2v) is 9.24. The maximum atomic E-state index is 13.6. The lowest BCUT2D eigenvalue weighted by atomic mass is 10.2. The third kappa shape index (κ3) is 4.24. The van der Waals surface area contributed by atoms with Crippen LogP contribution < -0.4 is 19.5 Å². The van der Waals surface area contributed by atoms with Crippen LogP contribution in [-0.2, 0) is 13.0 Å². The summed E-state index contributed by atoms with van der Waals surface area (Å²) in [5.74, 6) is 1.70. The number of hydrogen-bond donors (Lipinski definition) is 1. The van der Waals surface area contributed by atoms with E-state index in [1.807, 2.05) is 34.9 Å². The first-order valence-corrected chi connectivity index (χ1v) is 12.1. The smallest absolute Gasteiger partial charge is 0.273 e. The fraction of sp³-hybridized carbons (Fsp3) is 0.231. The third-order valence-electron chi connectivity index (χ3n) is 6.00. The molecule has 0 aliphatic carbocycles. The molecule has 176 valence electrons. The molecule has 9 heteroatoms. The molecular formula is C26H23N5O3S. The molecule has 4 aromatic rings. The van der Waals surface area contributed by atoms with Gasteiger partial charge in [-0.1, -0.05) is 30.7 Å². The van der Waals surface area contributed by atoms with Gasteiger partial charge in [-0.3, -0.25) is 9.36 Å². The van der Waals surface area contributed by atoms with Crippen molar-refractivity contribution in [3.8, 4) is 23.3 Å². The number of nitriles is 1. The van der Waals surface area contributed by atoms with E-state index in [0.717, 1.165) is 38.1 Å². The zero-order chi connectivity index (χ0) is 24.4. The summed E-state index contributed by atoms with van der Waals surface area (Å²) in [5.41, 5.74) is 1.43. The molecule has 2 aromatic carbocycles. The Morgan fingerprint density at radius 3 is 2.77 bits per heavy atom. The SMILES string of the molecule is COc1cc(/C=c2/s/c(=C(\C#N)c3nnc4n3CCCCC4)n(-c3ccccc3)c2=O)ccc1O. The summed E-state index contributed by atoms with van der Waals surface area (Å²) in [6.45, 7) is 0.746. The van der Waals surface area contributed by atoms with Crippen molar-refractivity contribution in [2.24, 2.45) is 0 Å². The van der Waals surface area contributed by atoms with Crippen molar-refractivity contribution in [2.75, 3.05) is 7.11 Å². The number of methoxy groups -OCH3 is 1. The lowest BCUT2D eigenvalue weighted by Gasteiger charge is -2.07. The van der Waals surface area contributed by atoms with Crippen LogP contribution in [-0.4, -0.2) is 31.5 Å². The molecular weight excluding hydrogens is 462 g/mol. The first-order chi connectivity index (χ1) is 17.1. The molecule has 1 aliphatic rings. The van der Waals surface area contributed by atoms with Crippen LogP contribution in [0, 0.1) is 11.3 Å². The van der Waals surface area contributed by atoms with E-state index in [1.54, 1.807) is 22.8 Å². The Hall–Kier alpha value is -4.16. The second kappa shape index (κ2) is 9.60. The largest absolute Gasteiger partial charge is 0.504 e. The van der Waals surface area contributed by atoms with Gasteiger partial charge in [-0.05, 0) is 48.7 Å². The number of hydrogen-bond acceptors (Lipinski definition) is 7. The van der Waals surface area contributed by atoms with Gasteiger partial charge in [-0.15, -0.1) is 21.5 Å². The fourth-order valence-electron chi connectivity index (χ4n) is 4.26. The summed E-state index contributed by atoms with van der Waals surface area (Å²) in [6.07, 6.45) is 5.70. The first kappa shape index (κ1) is 22.6. The summed E-state index contributed by atoms with van der Waals surface area (Å²) in [7, 11) is 1.47. The predicted octanol–water partition coefficient (Wildman–Crippen LogP) is 2.48. The molecule has 0 atom stereocenters. The number of rotatable bonds is 4. The van der Waals surface area contributed by atoms with Gasteiger partial charge in [0.1, 0.15) is 22.1 Å². The van der Waals surface area contributed by atoms with Gasteiger partial charge in [-0.25, -0.2) is 0 Å². The van der Waals surface area contributed by atoms with Gasteiger partial charge in [-0.2, -0.15) is 5.26 Å². The quantitative estimate of drug-likeness (QED) is 0.476. The number of nitrogens with zero attached hydrogens (tertiary/aromatic N) is 5. The number of phenols is 1. The Labute approximate surface area is 205 Å². The van der Waals surface area contributed by atoms with Crippen LogP contribution >= 0.6 is 11.3 Å². The maximum absolute atomic E-state index is 13.6. The van der Waals surface area contributed by atoms with Gasteiger partial charge < -0.3 is 14.4 Å². The summed E-state index contributed by atoms with van der Waals surface area (Å²) >= 11 is 1.23. The van der Waals surface area contributed by atoms with E-state index in [9.17, 15) is 15.2 Å². The number of para-hydroxylation sites is 1. The Bertz CT molecular complexity index is 1610. The molecule has 8 nitrogen and oxygen atoms in total. The molecule has 0 saturated carbocycles. The Balaban J connectivity index is 1.81. The maximum Gasteiger partial charge on any atom is 0.273 e. The zero-order valence-electron chi connectivity index (χ0n) is 19.1. The number of aryl methyl sites for hydroxylation is 1. The van der Waals surface area contributed by atoms with E-state index in [0.29, 0.717) is 37.6 Å². The van der Waals surface area contributed by atoms with Crippen LogP contribution in [0.2, 0.25) is 0 Å². The van der Waals surface area contributed by atoms with E-state index >= 15 is 0 Å². The monoisotopic (exact) mass is 485 g/mol. The van der Waals surface area contributed by atoms with Crippen molar-refractivity contribution in [2.45, 2.75) is 32.2 Å². The van der Waals surface area contributed by atoms with Gasteiger partial charge in [0.2, 0.25) is 0 Å². The molecule has 0 radical (unpaired) electrons. The van der Waals surface area contributed by atoms with Crippen molar-refractivity contribution in [1.82, 2.24) is 19.3 Å². The number of fused-ring (bicyclic) bond motifs is 1. The predicted molar refractivity (Wildman–Crippen MR) is 133 cm³/mol. The van der Waals surface area contributed by atoms with Crippen molar-refractivity contribution in [1.29, 1.82) is 5.26 Å². The lowest BCUT2D eigenvalue weighted by molar-refractivity contribution is 0.373. The Kier molecular flexibility index (Phi) is 6.21. The molecule has 5 rings (SSSR count). The minimum atomic E-state index is -0.244. The molecule has 0 bridgehead atoms. The van der Waals surface area contributed by atoms with Crippen LogP contribution in [0.15, 0.2) is 53.3 Å². The number of benzene rings is 2. The summed E-state index contributed by atoms with van der Waals surface area (Å²) < 4.78 is 9.72. The topological polar surface area (TPSA) is 106 Å². The van der Waals surface area contributed by atoms with Crippen molar-refractivity contribution >= 4 is 23.0 Å². The van der Waals surface area contributed by atoms with E-state index < -0.39 is 0 Å². The molecule has 1 N–H and O–H groups in total. The minimum absolute atomic E-state index is 0.0193. The number of ether oxygens (including phenoxy) is 1. The molecule has 0 fully saturated rings. The van der Waals surface area contributed by atoms with Crippen molar-refractivity contribution in [3.05, 3.63) is 85.3 Å². The van der Waals surface area contributed by atoms with Crippen molar-refractivity contribution < 1.29 is 9.84 Å². The van der Waals surface area contributed by atoms with Crippen LogP contribution in [0.4, 0.5) is 0 Å². The number of thiazole rings is 1. The van der Waals surface area contributed by atoms with E-state index in [4.69, 9.17) is 4.74 Å². The van der Waals surface area contributed by atoms with Gasteiger partial charge in [0.15, 0.2) is 17.3 Å². The van der Waals surface area contributed by atoms with E-state index in [1.165, 1.54) is 24.5 Å². The summed E-state index contributed by atoms with van der Waals surface area (Å²) in [6, 6.07) is 16.5. The zero-order valence-corrected chi connectivity index (χ0v) is 20.0. The van der Waals surface area contributed by atoms with Crippen LogP contribution in [0.25, 0.3) is 17.3 Å². The minimum Gasteiger partial charge on any atom is -0.504 e. The standard InChI is InChI=1S/C26H23N5O3S/c1-34-21-14-17(11-12-20(21)32)15-22-25(33)31(18-8-4-2-5-9-18)26(35-22)19(16-27)24-29-28-23-10-6-3-7-13-30(23)24/h2,4-5,8-9,11-12,14-15,32H,3,6-7,10,13H2,1H3/b22-15+,26-19+. The number of aromatic nitrogens is 4. The highest BCUT2D eigenvalue weighted by atomic mass is 32.1. The second-order valence-electron chi connectivity index (χ2n) is 8.21. The van der Waals surface area contributed by atoms with Gasteiger partial charge >= 0.3 is 0 Å². The Morgan fingerprint density at radius 2 is 2.00 bits per heavy atom. The average Bonchev–Trinajstić information content (AvgIpc) is 3.32. The molecule has 1 aliphatic heterocycles. The van der Waals surface area contributed by atoms with Crippen LogP contribution in [0.5, 0.6) is 11.5 Å². The van der Waals surface area contributed by atoms with Gasteiger partial charge in [0.25, 0.3) is 5.56 Å². The van der Waals surface area contributed by atoms with Gasteiger partial charge in [0, 0.05) is 13.0 Å². The number of phenolic OH excluding ortho intramolecular Hbond substituents is 1. The molecule has 35 heavy (non-hydrogen) atoms. The molecule has 0 spiro atoms. The third-order valence-corrected chi connectivity index (χ3v) is 7.09. The van der Waals surface area contributed by atoms with E-state index in [-0.39, 0.29) is 11.3 Å². The normalized spacial score (nSPS) is 14.7.